The van der Waals surface area contributed by atoms with Gasteiger partial charge in [-0.3, -0.25) is 9.20 Å². The van der Waals surface area contributed by atoms with Crippen molar-refractivity contribution in [3.63, 3.8) is 0 Å². The van der Waals surface area contributed by atoms with Crippen molar-refractivity contribution in [2.75, 3.05) is 13.1 Å². The molecule has 5 heteroatoms. The number of hydrogen-bond acceptors (Lipinski definition) is 2. The van der Waals surface area contributed by atoms with Crippen molar-refractivity contribution in [1.29, 1.82) is 0 Å². The lowest BCUT2D eigenvalue weighted by Crippen LogP contribution is -2.47. The van der Waals surface area contributed by atoms with Gasteiger partial charge in [-0.25, -0.2) is 4.98 Å². The second-order valence-corrected chi connectivity index (χ2v) is 7.37. The summed E-state index contributed by atoms with van der Waals surface area (Å²) in [5, 5.41) is 0. The number of piperidine rings is 1. The standard InChI is InChI=1S/C21H22FN3O/c1-15-8-6-11-17-23-18(19(22)25(15)17)20(26)24-13-7-12-21(2,14-24)16-9-4-3-5-10-16/h3-6,8-11H,7,12-14H2,1-2H3. The van der Waals surface area contributed by atoms with Crippen molar-refractivity contribution < 1.29 is 9.18 Å². The van der Waals surface area contributed by atoms with E-state index in [9.17, 15) is 9.18 Å². The molecule has 1 aliphatic rings. The predicted octanol–water partition coefficient (Wildman–Crippen LogP) is 3.98. The Hall–Kier alpha value is -2.69. The summed E-state index contributed by atoms with van der Waals surface area (Å²) in [4.78, 5) is 19.0. The molecule has 4 nitrogen and oxygen atoms in total. The molecule has 0 spiro atoms. The third-order valence-corrected chi connectivity index (χ3v) is 5.44. The summed E-state index contributed by atoms with van der Waals surface area (Å²) in [6.45, 7) is 5.18. The van der Waals surface area contributed by atoms with E-state index in [4.69, 9.17) is 0 Å². The second kappa shape index (κ2) is 6.24. The van der Waals surface area contributed by atoms with Gasteiger partial charge in [0.25, 0.3) is 5.91 Å². The Balaban J connectivity index is 1.67. The molecular weight excluding hydrogens is 329 g/mol. The molecule has 0 bridgehead atoms. The average Bonchev–Trinajstić information content (AvgIpc) is 3.00. The number of carbonyl (C=O) groups excluding carboxylic acids is 1. The molecule has 1 saturated heterocycles. The van der Waals surface area contributed by atoms with Crippen LogP contribution >= 0.6 is 0 Å². The van der Waals surface area contributed by atoms with Crippen LogP contribution in [-0.4, -0.2) is 33.3 Å². The van der Waals surface area contributed by atoms with Gasteiger partial charge in [-0.1, -0.05) is 43.3 Å². The molecule has 1 unspecified atom stereocenters. The van der Waals surface area contributed by atoms with Crippen LogP contribution in [-0.2, 0) is 5.41 Å². The normalized spacial score (nSPS) is 20.5. The third kappa shape index (κ3) is 2.68. The van der Waals surface area contributed by atoms with E-state index in [2.05, 4.69) is 24.0 Å². The maximum absolute atomic E-state index is 14.9. The van der Waals surface area contributed by atoms with E-state index in [0.717, 1.165) is 18.5 Å². The highest BCUT2D eigenvalue weighted by molar-refractivity contribution is 5.93. The summed E-state index contributed by atoms with van der Waals surface area (Å²) in [7, 11) is 0. The van der Waals surface area contributed by atoms with Crippen LogP contribution in [0.1, 0.15) is 41.5 Å². The number of pyridine rings is 1. The molecule has 1 fully saturated rings. The highest BCUT2D eigenvalue weighted by atomic mass is 19.1. The number of rotatable bonds is 2. The van der Waals surface area contributed by atoms with E-state index in [1.165, 1.54) is 9.96 Å². The molecule has 3 heterocycles. The third-order valence-electron chi connectivity index (χ3n) is 5.44. The fourth-order valence-electron chi connectivity index (χ4n) is 3.99. The van der Waals surface area contributed by atoms with Gasteiger partial charge >= 0.3 is 0 Å². The van der Waals surface area contributed by atoms with Gasteiger partial charge in [0, 0.05) is 24.2 Å². The Morgan fingerprint density at radius 2 is 1.92 bits per heavy atom. The van der Waals surface area contributed by atoms with Gasteiger partial charge in [-0.15, -0.1) is 0 Å². The largest absolute Gasteiger partial charge is 0.336 e. The number of nitrogens with zero attached hydrogens (tertiary/aromatic N) is 3. The first-order valence-corrected chi connectivity index (χ1v) is 8.98. The van der Waals surface area contributed by atoms with Crippen LogP contribution in [0.5, 0.6) is 0 Å². The van der Waals surface area contributed by atoms with Crippen LogP contribution < -0.4 is 0 Å². The summed E-state index contributed by atoms with van der Waals surface area (Å²) < 4.78 is 16.3. The van der Waals surface area contributed by atoms with Crippen LogP contribution in [0.25, 0.3) is 5.65 Å². The molecule has 0 radical (unpaired) electrons. The molecule has 1 atom stereocenters. The number of aryl methyl sites for hydroxylation is 1. The Labute approximate surface area is 152 Å². The number of likely N-dealkylation sites (tertiary alicyclic amines) is 1. The maximum Gasteiger partial charge on any atom is 0.277 e. The molecule has 1 amide bonds. The highest BCUT2D eigenvalue weighted by Gasteiger charge is 2.36. The van der Waals surface area contributed by atoms with Crippen molar-refractivity contribution in [3.8, 4) is 0 Å². The van der Waals surface area contributed by atoms with Crippen molar-refractivity contribution in [2.24, 2.45) is 0 Å². The summed E-state index contributed by atoms with van der Waals surface area (Å²) in [6, 6.07) is 15.6. The number of aromatic nitrogens is 2. The number of hydrogen-bond donors (Lipinski definition) is 0. The summed E-state index contributed by atoms with van der Waals surface area (Å²) in [5.41, 5.74) is 2.19. The number of amides is 1. The fraction of sp³-hybridized carbons (Fsp3) is 0.333. The average molecular weight is 351 g/mol. The van der Waals surface area contributed by atoms with Crippen molar-refractivity contribution in [3.05, 3.63) is 71.4 Å². The maximum atomic E-state index is 14.9. The number of benzene rings is 1. The first-order valence-electron chi connectivity index (χ1n) is 8.98. The summed E-state index contributed by atoms with van der Waals surface area (Å²) >= 11 is 0. The van der Waals surface area contributed by atoms with E-state index < -0.39 is 5.95 Å². The Morgan fingerprint density at radius 1 is 1.15 bits per heavy atom. The van der Waals surface area contributed by atoms with Gasteiger partial charge in [0.15, 0.2) is 5.69 Å². The van der Waals surface area contributed by atoms with Gasteiger partial charge in [0.2, 0.25) is 5.95 Å². The van der Waals surface area contributed by atoms with Crippen LogP contribution in [0, 0.1) is 12.9 Å². The van der Waals surface area contributed by atoms with Gasteiger partial charge < -0.3 is 4.90 Å². The minimum absolute atomic E-state index is 0.0865. The minimum Gasteiger partial charge on any atom is -0.336 e. The SMILES string of the molecule is Cc1cccc2nc(C(=O)N3CCCC(C)(c4ccccc4)C3)c(F)n12. The van der Waals surface area contributed by atoms with Crippen LogP contribution in [0.15, 0.2) is 48.5 Å². The highest BCUT2D eigenvalue weighted by Crippen LogP contribution is 2.34. The molecule has 134 valence electrons. The monoisotopic (exact) mass is 351 g/mol. The molecule has 1 aromatic carbocycles. The molecule has 2 aromatic heterocycles. The summed E-state index contributed by atoms with van der Waals surface area (Å²) in [6.07, 6.45) is 1.90. The minimum atomic E-state index is -0.574. The van der Waals surface area contributed by atoms with E-state index >= 15 is 0 Å². The zero-order valence-electron chi connectivity index (χ0n) is 15.1. The fourth-order valence-corrected chi connectivity index (χ4v) is 3.99. The van der Waals surface area contributed by atoms with Gasteiger partial charge in [-0.2, -0.15) is 4.39 Å². The summed E-state index contributed by atoms with van der Waals surface area (Å²) in [5.74, 6) is -0.900. The molecule has 1 aliphatic heterocycles. The molecule has 0 saturated carbocycles. The first-order chi connectivity index (χ1) is 12.5. The first kappa shape index (κ1) is 16.8. The predicted molar refractivity (Wildman–Crippen MR) is 98.8 cm³/mol. The molecule has 0 N–H and O–H groups in total. The molecule has 26 heavy (non-hydrogen) atoms. The van der Waals surface area contributed by atoms with Crippen LogP contribution in [0.3, 0.4) is 0 Å². The van der Waals surface area contributed by atoms with Gasteiger partial charge in [0.05, 0.1) is 0 Å². The van der Waals surface area contributed by atoms with Crippen molar-refractivity contribution >= 4 is 11.6 Å². The smallest absolute Gasteiger partial charge is 0.277 e. The molecular formula is C21H22FN3O. The lowest BCUT2D eigenvalue weighted by Gasteiger charge is -2.40. The zero-order valence-corrected chi connectivity index (χ0v) is 15.1. The van der Waals surface area contributed by atoms with E-state index in [0.29, 0.717) is 18.7 Å². The van der Waals surface area contributed by atoms with Crippen LogP contribution in [0.4, 0.5) is 4.39 Å². The number of imidazole rings is 1. The zero-order chi connectivity index (χ0) is 18.3. The number of halogens is 1. The molecule has 3 aromatic rings. The Bertz CT molecular complexity index is 966. The Morgan fingerprint density at radius 3 is 2.65 bits per heavy atom. The number of carbonyl (C=O) groups is 1. The van der Waals surface area contributed by atoms with E-state index in [1.807, 2.05) is 24.3 Å². The topological polar surface area (TPSA) is 37.6 Å². The lowest BCUT2D eigenvalue weighted by molar-refractivity contribution is 0.0640. The van der Waals surface area contributed by atoms with Crippen molar-refractivity contribution in [1.82, 2.24) is 14.3 Å². The Kier molecular flexibility index (Phi) is 4.02. The molecule has 4 rings (SSSR count). The van der Waals surface area contributed by atoms with E-state index in [-0.39, 0.29) is 17.0 Å². The van der Waals surface area contributed by atoms with Crippen LogP contribution in [0.2, 0.25) is 0 Å². The lowest BCUT2D eigenvalue weighted by atomic mass is 9.76. The molecule has 0 aliphatic carbocycles. The quantitative estimate of drug-likeness (QED) is 0.700. The number of fused-ring (bicyclic) bond motifs is 1. The van der Waals surface area contributed by atoms with E-state index in [1.54, 1.807) is 24.0 Å². The van der Waals surface area contributed by atoms with Crippen molar-refractivity contribution in [2.45, 2.75) is 32.1 Å². The second-order valence-electron chi connectivity index (χ2n) is 7.37. The van der Waals surface area contributed by atoms with Gasteiger partial charge in [0.1, 0.15) is 5.65 Å². The van der Waals surface area contributed by atoms with Gasteiger partial charge in [-0.05, 0) is 37.5 Å².